The Kier molecular flexibility index (Phi) is 10.4. The lowest BCUT2D eigenvalue weighted by Gasteiger charge is -2.45. The molecule has 0 unspecified atom stereocenters. The maximum Gasteiger partial charge on any atom is 0.252 e. The Morgan fingerprint density at radius 2 is 0.529 bits per heavy atom. The van der Waals surface area contributed by atoms with Crippen molar-refractivity contribution in [1.29, 1.82) is 0 Å². The van der Waals surface area contributed by atoms with Crippen LogP contribution < -0.4 is 26.2 Å². The van der Waals surface area contributed by atoms with Crippen molar-refractivity contribution in [3.63, 3.8) is 0 Å². The summed E-state index contributed by atoms with van der Waals surface area (Å²) in [6.07, 6.45) is 0. The third-order valence-electron chi connectivity index (χ3n) is 14.1. The summed E-state index contributed by atoms with van der Waals surface area (Å²) in [4.78, 5) is 5.05. The molecule has 0 aliphatic carbocycles. The number of halogens is 1. The van der Waals surface area contributed by atoms with Gasteiger partial charge in [-0.25, -0.2) is 0 Å². The van der Waals surface area contributed by atoms with Crippen molar-refractivity contribution in [3.05, 3.63) is 272 Å². The molecule has 0 saturated heterocycles. The molecule has 13 rings (SSSR count). The van der Waals surface area contributed by atoms with E-state index in [1.807, 2.05) is 0 Å². The predicted octanol–water partition coefficient (Wildman–Crippen LogP) is 16.4. The predicted molar refractivity (Wildman–Crippen MR) is 298 cm³/mol. The summed E-state index contributed by atoms with van der Waals surface area (Å²) in [5.41, 5.74) is 23.9. The Balaban J connectivity index is 1.16. The van der Waals surface area contributed by atoms with Crippen LogP contribution in [0.25, 0.3) is 66.8 Å². The summed E-state index contributed by atoms with van der Waals surface area (Å²) in [6.45, 7) is -0.0879. The lowest BCUT2D eigenvalue weighted by molar-refractivity contribution is 1.25. The second-order valence-corrected chi connectivity index (χ2v) is 18.6. The van der Waals surface area contributed by atoms with Gasteiger partial charge in [0.1, 0.15) is 0 Å². The zero-order valence-corrected chi connectivity index (χ0v) is 39.0. The molecule has 2 heterocycles. The van der Waals surface area contributed by atoms with Crippen LogP contribution in [-0.4, -0.2) is 6.71 Å². The van der Waals surface area contributed by atoms with Crippen molar-refractivity contribution in [2.24, 2.45) is 0 Å². The Morgan fingerprint density at radius 1 is 0.257 bits per heavy atom. The van der Waals surface area contributed by atoms with E-state index >= 15 is 0 Å². The highest BCUT2D eigenvalue weighted by atomic mass is 35.5. The number of hydrogen-bond acceptors (Lipinski definition) is 2. The van der Waals surface area contributed by atoms with Gasteiger partial charge in [0.05, 0.1) is 11.4 Å². The molecule has 0 amide bonds. The summed E-state index contributed by atoms with van der Waals surface area (Å²) in [6, 6.07) is 96.9. The van der Waals surface area contributed by atoms with E-state index in [0.717, 1.165) is 101 Å². The van der Waals surface area contributed by atoms with Gasteiger partial charge in [-0.3, -0.25) is 0 Å². The molecule has 4 heteroatoms. The summed E-state index contributed by atoms with van der Waals surface area (Å²) >= 11 is 7.68. The monoisotopic (exact) mass is 910 g/mol. The standard InChI is InChI=1S/C66H44BClN2/c68-53-43-62-64-63(44-53)70(66-56(49-31-15-5-16-32-49)41-52(46-25-9-2-10-26-46)42-57(66)50-33-17-6-18-34-50)61-38-22-20-36-59(61)67(64)58-35-19-21-37-60(58)69(62)65-54(47-27-11-3-12-28-47)39-51(45-23-7-1-8-24-45)40-55(65)48-29-13-4-14-30-48/h1-44H. The summed E-state index contributed by atoms with van der Waals surface area (Å²) < 4.78 is 0. The number of anilines is 6. The van der Waals surface area contributed by atoms with E-state index in [-0.39, 0.29) is 6.71 Å². The lowest BCUT2D eigenvalue weighted by atomic mass is 9.33. The average molecular weight is 911 g/mol. The van der Waals surface area contributed by atoms with Crippen LogP contribution in [0.15, 0.2) is 267 Å². The molecule has 70 heavy (non-hydrogen) atoms. The number of benzene rings is 11. The smallest absolute Gasteiger partial charge is 0.252 e. The first-order chi connectivity index (χ1) is 34.7. The van der Waals surface area contributed by atoms with Crippen molar-refractivity contribution < 1.29 is 0 Å². The van der Waals surface area contributed by atoms with Crippen LogP contribution >= 0.6 is 11.6 Å². The summed E-state index contributed by atoms with van der Waals surface area (Å²) in [7, 11) is 0. The maximum absolute atomic E-state index is 7.68. The van der Waals surface area contributed by atoms with Crippen LogP contribution in [0.5, 0.6) is 0 Å². The maximum atomic E-state index is 7.68. The van der Waals surface area contributed by atoms with E-state index in [0.29, 0.717) is 5.02 Å². The van der Waals surface area contributed by atoms with E-state index in [1.165, 1.54) is 16.4 Å². The minimum atomic E-state index is -0.0879. The largest absolute Gasteiger partial charge is 0.310 e. The van der Waals surface area contributed by atoms with Gasteiger partial charge in [-0.2, -0.15) is 0 Å². The highest BCUT2D eigenvalue weighted by molar-refractivity contribution is 7.00. The van der Waals surface area contributed by atoms with E-state index in [9.17, 15) is 0 Å². The number of hydrogen-bond donors (Lipinski definition) is 0. The highest BCUT2D eigenvalue weighted by Crippen LogP contribution is 2.54. The fraction of sp³-hybridized carbons (Fsp3) is 0. The van der Waals surface area contributed by atoms with Gasteiger partial charge in [0.25, 0.3) is 6.71 Å². The topological polar surface area (TPSA) is 6.48 Å². The van der Waals surface area contributed by atoms with Gasteiger partial charge < -0.3 is 9.80 Å². The summed E-state index contributed by atoms with van der Waals surface area (Å²) in [5.74, 6) is 0. The Hall–Kier alpha value is -8.63. The molecule has 0 saturated carbocycles. The minimum Gasteiger partial charge on any atom is -0.310 e. The van der Waals surface area contributed by atoms with Crippen LogP contribution in [0.4, 0.5) is 34.1 Å². The normalized spacial score (nSPS) is 12.3. The first-order valence-corrected chi connectivity index (χ1v) is 24.4. The first-order valence-electron chi connectivity index (χ1n) is 24.0. The van der Waals surface area contributed by atoms with E-state index in [1.54, 1.807) is 0 Å². The molecule has 0 atom stereocenters. The fourth-order valence-corrected chi connectivity index (χ4v) is 11.2. The van der Waals surface area contributed by atoms with Crippen LogP contribution in [0.3, 0.4) is 0 Å². The molecule has 0 aromatic heterocycles. The minimum absolute atomic E-state index is 0.0879. The van der Waals surface area contributed by atoms with Gasteiger partial charge in [0.2, 0.25) is 0 Å². The SMILES string of the molecule is Clc1cc2c3c(c1)N(c1c(-c4ccccc4)cc(-c4ccccc4)cc1-c1ccccc1)c1ccccc1B3c1ccccc1N2c1c(-c2ccccc2)cc(-c2ccccc2)cc1-c1ccccc1. The van der Waals surface area contributed by atoms with Crippen LogP contribution in [-0.2, 0) is 0 Å². The molecule has 11 aromatic rings. The number of fused-ring (bicyclic) bond motifs is 4. The average Bonchev–Trinajstić information content (AvgIpc) is 3.44. The number of para-hydroxylation sites is 2. The second kappa shape index (κ2) is 17.5. The molecule has 0 radical (unpaired) electrons. The third-order valence-corrected chi connectivity index (χ3v) is 14.3. The zero-order chi connectivity index (χ0) is 46.5. The van der Waals surface area contributed by atoms with Gasteiger partial charge in [-0.15, -0.1) is 0 Å². The van der Waals surface area contributed by atoms with E-state index in [2.05, 4.69) is 277 Å². The van der Waals surface area contributed by atoms with Crippen molar-refractivity contribution in [2.45, 2.75) is 0 Å². The first kappa shape index (κ1) is 41.6. The summed E-state index contributed by atoms with van der Waals surface area (Å²) in [5, 5.41) is 0.660. The zero-order valence-electron chi connectivity index (χ0n) is 38.3. The molecule has 0 bridgehead atoms. The molecule has 0 fully saturated rings. The van der Waals surface area contributed by atoms with Crippen LogP contribution in [0.1, 0.15) is 0 Å². The van der Waals surface area contributed by atoms with Crippen molar-refractivity contribution in [1.82, 2.24) is 0 Å². The van der Waals surface area contributed by atoms with E-state index in [4.69, 9.17) is 11.6 Å². The molecule has 2 aliphatic heterocycles. The highest BCUT2D eigenvalue weighted by Gasteiger charge is 2.45. The van der Waals surface area contributed by atoms with Gasteiger partial charge in [0.15, 0.2) is 0 Å². The van der Waals surface area contributed by atoms with Gasteiger partial charge in [-0.05, 0) is 109 Å². The molecule has 0 N–H and O–H groups in total. The molecule has 0 spiro atoms. The quantitative estimate of drug-likeness (QED) is 0.140. The molecule has 2 aliphatic rings. The second-order valence-electron chi connectivity index (χ2n) is 18.1. The van der Waals surface area contributed by atoms with E-state index < -0.39 is 0 Å². The van der Waals surface area contributed by atoms with Crippen molar-refractivity contribution >= 4 is 68.8 Å². The van der Waals surface area contributed by atoms with Gasteiger partial charge in [-0.1, -0.05) is 230 Å². The number of rotatable bonds is 8. The van der Waals surface area contributed by atoms with Gasteiger partial charge >= 0.3 is 0 Å². The molecule has 328 valence electrons. The third kappa shape index (κ3) is 7.05. The lowest BCUT2D eigenvalue weighted by Crippen LogP contribution is -2.61. The van der Waals surface area contributed by atoms with Crippen molar-refractivity contribution in [3.8, 4) is 66.8 Å². The Labute approximate surface area is 415 Å². The fourth-order valence-electron chi connectivity index (χ4n) is 11.0. The molecular weight excluding hydrogens is 867 g/mol. The van der Waals surface area contributed by atoms with Crippen molar-refractivity contribution in [2.75, 3.05) is 9.80 Å². The van der Waals surface area contributed by atoms with Crippen LogP contribution in [0, 0.1) is 0 Å². The Bertz CT molecular complexity index is 3350. The molecular formula is C66H44BClN2. The van der Waals surface area contributed by atoms with Gasteiger partial charge in [0, 0.05) is 50.0 Å². The number of nitrogens with zero attached hydrogens (tertiary/aromatic N) is 2. The Morgan fingerprint density at radius 3 is 0.843 bits per heavy atom. The molecule has 2 nitrogen and oxygen atoms in total. The van der Waals surface area contributed by atoms with Crippen LogP contribution in [0.2, 0.25) is 5.02 Å². The molecule has 11 aromatic carbocycles.